The summed E-state index contributed by atoms with van der Waals surface area (Å²) in [5.41, 5.74) is 1.90. The molecule has 0 aliphatic rings. The maximum absolute atomic E-state index is 12.1. The van der Waals surface area contributed by atoms with Crippen LogP contribution in [0, 0.1) is 0 Å². The van der Waals surface area contributed by atoms with Crippen molar-refractivity contribution in [3.05, 3.63) is 29.8 Å². The summed E-state index contributed by atoms with van der Waals surface area (Å²) in [6, 6.07) is 7.64. The SMILES string of the molecule is CCCNC(C)c1cccc(NC(=O)N(C)C(C)CO)c1. The number of aliphatic hydroxyl groups is 1. The normalized spacial score (nSPS) is 13.6. The Labute approximate surface area is 127 Å². The van der Waals surface area contributed by atoms with Gasteiger partial charge in [0, 0.05) is 18.8 Å². The molecule has 0 fully saturated rings. The summed E-state index contributed by atoms with van der Waals surface area (Å²) in [6.07, 6.45) is 1.09. The molecule has 0 aliphatic carbocycles. The summed E-state index contributed by atoms with van der Waals surface area (Å²) >= 11 is 0. The van der Waals surface area contributed by atoms with E-state index in [0.29, 0.717) is 0 Å². The summed E-state index contributed by atoms with van der Waals surface area (Å²) in [4.78, 5) is 13.5. The Hall–Kier alpha value is -1.59. The lowest BCUT2D eigenvalue weighted by Gasteiger charge is -2.23. The van der Waals surface area contributed by atoms with E-state index in [0.717, 1.165) is 24.2 Å². The van der Waals surface area contributed by atoms with Gasteiger partial charge in [0.2, 0.25) is 0 Å². The second kappa shape index (κ2) is 8.64. The van der Waals surface area contributed by atoms with Crippen LogP contribution in [0.4, 0.5) is 10.5 Å². The zero-order valence-corrected chi connectivity index (χ0v) is 13.4. The Morgan fingerprint density at radius 2 is 2.10 bits per heavy atom. The van der Waals surface area contributed by atoms with Crippen LogP contribution < -0.4 is 10.6 Å². The van der Waals surface area contributed by atoms with Crippen molar-refractivity contribution in [2.24, 2.45) is 0 Å². The molecule has 3 N–H and O–H groups in total. The lowest BCUT2D eigenvalue weighted by Crippen LogP contribution is -2.40. The van der Waals surface area contributed by atoms with Crippen LogP contribution in [0.25, 0.3) is 0 Å². The molecule has 5 heteroatoms. The number of anilines is 1. The number of urea groups is 1. The zero-order chi connectivity index (χ0) is 15.8. The van der Waals surface area contributed by atoms with Gasteiger partial charge in [-0.05, 0) is 44.5 Å². The van der Waals surface area contributed by atoms with Crippen LogP contribution in [0.2, 0.25) is 0 Å². The first-order chi connectivity index (χ1) is 9.99. The van der Waals surface area contributed by atoms with Crippen LogP contribution in [0.15, 0.2) is 24.3 Å². The van der Waals surface area contributed by atoms with Crippen molar-refractivity contribution in [1.29, 1.82) is 0 Å². The number of nitrogens with one attached hydrogen (secondary N) is 2. The van der Waals surface area contributed by atoms with Crippen molar-refractivity contribution < 1.29 is 9.90 Å². The van der Waals surface area contributed by atoms with Crippen LogP contribution in [-0.2, 0) is 0 Å². The molecule has 0 spiro atoms. The highest BCUT2D eigenvalue weighted by Gasteiger charge is 2.15. The van der Waals surface area contributed by atoms with Gasteiger partial charge in [-0.3, -0.25) is 0 Å². The molecular weight excluding hydrogens is 266 g/mol. The predicted molar refractivity (Wildman–Crippen MR) is 86.5 cm³/mol. The smallest absolute Gasteiger partial charge is 0.321 e. The zero-order valence-electron chi connectivity index (χ0n) is 13.4. The molecule has 0 radical (unpaired) electrons. The number of hydrogen-bond acceptors (Lipinski definition) is 3. The fraction of sp³-hybridized carbons (Fsp3) is 0.562. The summed E-state index contributed by atoms with van der Waals surface area (Å²) in [6.45, 7) is 6.95. The number of amides is 2. The molecule has 1 aromatic rings. The molecule has 0 saturated carbocycles. The van der Waals surface area contributed by atoms with Crippen molar-refractivity contribution in [3.63, 3.8) is 0 Å². The minimum Gasteiger partial charge on any atom is -0.394 e. The van der Waals surface area contributed by atoms with Crippen molar-refractivity contribution in [3.8, 4) is 0 Å². The average Bonchev–Trinajstić information content (AvgIpc) is 2.51. The molecule has 2 atom stereocenters. The third kappa shape index (κ3) is 5.36. The van der Waals surface area contributed by atoms with Gasteiger partial charge in [-0.15, -0.1) is 0 Å². The van der Waals surface area contributed by atoms with Gasteiger partial charge < -0.3 is 20.6 Å². The Bertz CT molecular complexity index is 451. The molecule has 0 heterocycles. The fourth-order valence-electron chi connectivity index (χ4n) is 1.90. The molecule has 0 saturated heterocycles. The highest BCUT2D eigenvalue weighted by molar-refractivity contribution is 5.89. The van der Waals surface area contributed by atoms with Gasteiger partial charge in [-0.25, -0.2) is 4.79 Å². The minimum absolute atomic E-state index is 0.0536. The molecule has 2 unspecified atom stereocenters. The standard InChI is InChI=1S/C16H27N3O2/c1-5-9-17-13(3)14-7-6-8-15(10-14)18-16(21)19(4)12(2)11-20/h6-8,10,12-13,17,20H,5,9,11H2,1-4H3,(H,18,21). The van der Waals surface area contributed by atoms with Gasteiger partial charge in [0.05, 0.1) is 12.6 Å². The fourth-order valence-corrected chi connectivity index (χ4v) is 1.90. The number of aliphatic hydroxyl groups excluding tert-OH is 1. The van der Waals surface area contributed by atoms with E-state index in [1.54, 1.807) is 14.0 Å². The van der Waals surface area contributed by atoms with E-state index in [2.05, 4.69) is 24.5 Å². The average molecular weight is 293 g/mol. The van der Waals surface area contributed by atoms with E-state index in [9.17, 15) is 4.79 Å². The largest absolute Gasteiger partial charge is 0.394 e. The number of likely N-dealkylation sites (N-methyl/N-ethyl adjacent to an activating group) is 1. The molecule has 1 aromatic carbocycles. The van der Waals surface area contributed by atoms with E-state index >= 15 is 0 Å². The molecule has 0 aromatic heterocycles. The number of carbonyl (C=O) groups is 1. The monoisotopic (exact) mass is 293 g/mol. The first-order valence-corrected chi connectivity index (χ1v) is 7.47. The highest BCUT2D eigenvalue weighted by atomic mass is 16.3. The molecule has 5 nitrogen and oxygen atoms in total. The van der Waals surface area contributed by atoms with Crippen LogP contribution in [-0.4, -0.2) is 42.3 Å². The molecule has 1 rings (SSSR count). The van der Waals surface area contributed by atoms with Gasteiger partial charge in [-0.2, -0.15) is 0 Å². The van der Waals surface area contributed by atoms with Crippen LogP contribution in [0.3, 0.4) is 0 Å². The highest BCUT2D eigenvalue weighted by Crippen LogP contribution is 2.18. The van der Waals surface area contributed by atoms with E-state index in [-0.39, 0.29) is 24.7 Å². The number of nitrogens with zero attached hydrogens (tertiary/aromatic N) is 1. The van der Waals surface area contributed by atoms with Gasteiger partial charge in [0.1, 0.15) is 0 Å². The lowest BCUT2D eigenvalue weighted by atomic mass is 10.1. The van der Waals surface area contributed by atoms with Crippen LogP contribution in [0.1, 0.15) is 38.8 Å². The second-order valence-corrected chi connectivity index (χ2v) is 5.37. The number of hydrogen-bond donors (Lipinski definition) is 3. The van der Waals surface area contributed by atoms with E-state index in [1.165, 1.54) is 4.90 Å². The first-order valence-electron chi connectivity index (χ1n) is 7.47. The Kier molecular flexibility index (Phi) is 7.19. The van der Waals surface area contributed by atoms with Crippen LogP contribution >= 0.6 is 0 Å². The number of rotatable bonds is 7. The van der Waals surface area contributed by atoms with E-state index in [1.807, 2.05) is 24.3 Å². The summed E-state index contributed by atoms with van der Waals surface area (Å²) in [5, 5.41) is 15.4. The quantitative estimate of drug-likeness (QED) is 0.724. The topological polar surface area (TPSA) is 64.6 Å². The summed E-state index contributed by atoms with van der Waals surface area (Å²) in [7, 11) is 1.67. The Morgan fingerprint density at radius 3 is 2.71 bits per heavy atom. The Morgan fingerprint density at radius 1 is 1.38 bits per heavy atom. The first kappa shape index (κ1) is 17.5. The van der Waals surface area contributed by atoms with Crippen molar-refractivity contribution in [1.82, 2.24) is 10.2 Å². The molecule has 21 heavy (non-hydrogen) atoms. The maximum atomic E-state index is 12.1. The van der Waals surface area contributed by atoms with Gasteiger partial charge >= 0.3 is 6.03 Å². The molecule has 0 aliphatic heterocycles. The van der Waals surface area contributed by atoms with Crippen LogP contribution in [0.5, 0.6) is 0 Å². The van der Waals surface area contributed by atoms with Crippen molar-refractivity contribution in [2.75, 3.05) is 25.5 Å². The van der Waals surface area contributed by atoms with Crippen molar-refractivity contribution in [2.45, 2.75) is 39.3 Å². The number of benzene rings is 1. The lowest BCUT2D eigenvalue weighted by molar-refractivity contribution is 0.166. The predicted octanol–water partition coefficient (Wildman–Crippen LogP) is 2.59. The van der Waals surface area contributed by atoms with Gasteiger partial charge in [-0.1, -0.05) is 19.1 Å². The molecular formula is C16H27N3O2. The third-order valence-electron chi connectivity index (χ3n) is 3.58. The second-order valence-electron chi connectivity index (χ2n) is 5.37. The number of carbonyl (C=O) groups excluding carboxylic acids is 1. The molecule has 0 bridgehead atoms. The Balaban J connectivity index is 2.70. The summed E-state index contributed by atoms with van der Waals surface area (Å²) < 4.78 is 0. The van der Waals surface area contributed by atoms with Crippen molar-refractivity contribution >= 4 is 11.7 Å². The van der Waals surface area contributed by atoms with E-state index < -0.39 is 0 Å². The molecule has 2 amide bonds. The minimum atomic E-state index is -0.220. The van der Waals surface area contributed by atoms with Gasteiger partial charge in [0.15, 0.2) is 0 Å². The van der Waals surface area contributed by atoms with E-state index in [4.69, 9.17) is 5.11 Å². The summed E-state index contributed by atoms with van der Waals surface area (Å²) in [5.74, 6) is 0. The molecule has 118 valence electrons. The van der Waals surface area contributed by atoms with Gasteiger partial charge in [0.25, 0.3) is 0 Å². The maximum Gasteiger partial charge on any atom is 0.321 e. The third-order valence-corrected chi connectivity index (χ3v) is 3.58.